The summed E-state index contributed by atoms with van der Waals surface area (Å²) in [5.41, 5.74) is 0. The SMILES string of the molecule is [CH2]C(CC)CC#CC. The second kappa shape index (κ2) is 4.71. The summed E-state index contributed by atoms with van der Waals surface area (Å²) in [6.07, 6.45) is 2.08. The molecule has 0 saturated heterocycles. The van der Waals surface area contributed by atoms with E-state index in [9.17, 15) is 0 Å². The van der Waals surface area contributed by atoms with Gasteiger partial charge in [0.2, 0.25) is 0 Å². The fourth-order valence-corrected chi connectivity index (χ4v) is 0.391. The van der Waals surface area contributed by atoms with E-state index in [2.05, 4.69) is 25.7 Å². The molecular formula is C8H13. The molecule has 0 N–H and O–H groups in total. The van der Waals surface area contributed by atoms with Gasteiger partial charge in [0.25, 0.3) is 0 Å². The second-order valence-corrected chi connectivity index (χ2v) is 1.91. The Morgan fingerprint density at radius 3 is 2.62 bits per heavy atom. The first-order valence-corrected chi connectivity index (χ1v) is 3.04. The van der Waals surface area contributed by atoms with Crippen molar-refractivity contribution < 1.29 is 0 Å². The zero-order valence-corrected chi connectivity index (χ0v) is 5.70. The van der Waals surface area contributed by atoms with Crippen LogP contribution in [0.15, 0.2) is 0 Å². The summed E-state index contributed by atoms with van der Waals surface area (Å²) in [6, 6.07) is 0. The van der Waals surface area contributed by atoms with Crippen LogP contribution < -0.4 is 0 Å². The van der Waals surface area contributed by atoms with Crippen molar-refractivity contribution >= 4 is 0 Å². The molecule has 8 heavy (non-hydrogen) atoms. The molecule has 1 atom stereocenters. The van der Waals surface area contributed by atoms with E-state index in [4.69, 9.17) is 0 Å². The van der Waals surface area contributed by atoms with E-state index in [1.54, 1.807) is 0 Å². The molecule has 0 heterocycles. The van der Waals surface area contributed by atoms with Crippen molar-refractivity contribution in [3.63, 3.8) is 0 Å². The van der Waals surface area contributed by atoms with Crippen molar-refractivity contribution in [3.8, 4) is 11.8 Å². The third kappa shape index (κ3) is 3.74. The van der Waals surface area contributed by atoms with Crippen molar-refractivity contribution in [1.82, 2.24) is 0 Å². The van der Waals surface area contributed by atoms with E-state index in [1.165, 1.54) is 0 Å². The van der Waals surface area contributed by atoms with Gasteiger partial charge in [-0.3, -0.25) is 0 Å². The standard InChI is InChI=1S/C8H13/c1-4-6-7-8(3)5-2/h8H,3,5,7H2,1-2H3. The second-order valence-electron chi connectivity index (χ2n) is 1.91. The van der Waals surface area contributed by atoms with Crippen molar-refractivity contribution in [1.29, 1.82) is 0 Å². The van der Waals surface area contributed by atoms with Crippen LogP contribution in [0.3, 0.4) is 0 Å². The van der Waals surface area contributed by atoms with Crippen LogP contribution in [0.5, 0.6) is 0 Å². The van der Waals surface area contributed by atoms with Gasteiger partial charge in [0.05, 0.1) is 0 Å². The van der Waals surface area contributed by atoms with Gasteiger partial charge >= 0.3 is 0 Å². The maximum atomic E-state index is 3.89. The molecule has 0 aliphatic rings. The van der Waals surface area contributed by atoms with Crippen molar-refractivity contribution in [2.45, 2.75) is 26.7 Å². The number of rotatable bonds is 2. The first kappa shape index (κ1) is 7.56. The van der Waals surface area contributed by atoms with Gasteiger partial charge in [-0.25, -0.2) is 0 Å². The smallest absolute Gasteiger partial charge is 0.0117 e. The van der Waals surface area contributed by atoms with Gasteiger partial charge in [-0.15, -0.1) is 11.8 Å². The van der Waals surface area contributed by atoms with Gasteiger partial charge in [0.1, 0.15) is 0 Å². The molecule has 0 bridgehead atoms. The summed E-state index contributed by atoms with van der Waals surface area (Å²) in [7, 11) is 0. The van der Waals surface area contributed by atoms with Crippen molar-refractivity contribution in [3.05, 3.63) is 6.92 Å². The summed E-state index contributed by atoms with van der Waals surface area (Å²) < 4.78 is 0. The molecule has 0 heteroatoms. The molecule has 0 saturated carbocycles. The van der Waals surface area contributed by atoms with Crippen LogP contribution in [-0.4, -0.2) is 0 Å². The quantitative estimate of drug-likeness (QED) is 0.477. The minimum atomic E-state index is 0.530. The molecule has 45 valence electrons. The molecule has 1 unspecified atom stereocenters. The molecule has 0 spiro atoms. The lowest BCUT2D eigenvalue weighted by Gasteiger charge is -1.98. The van der Waals surface area contributed by atoms with Crippen LogP contribution >= 0.6 is 0 Å². The van der Waals surface area contributed by atoms with Crippen LogP contribution in [0.25, 0.3) is 0 Å². The fraction of sp³-hybridized carbons (Fsp3) is 0.625. The first-order valence-electron chi connectivity index (χ1n) is 3.04. The molecule has 0 fully saturated rings. The normalized spacial score (nSPS) is 11.9. The van der Waals surface area contributed by atoms with E-state index in [-0.39, 0.29) is 0 Å². The van der Waals surface area contributed by atoms with Crippen LogP contribution in [-0.2, 0) is 0 Å². The van der Waals surface area contributed by atoms with Gasteiger partial charge in [-0.05, 0) is 19.8 Å². The Labute approximate surface area is 52.3 Å². The van der Waals surface area contributed by atoms with Crippen molar-refractivity contribution in [2.24, 2.45) is 5.92 Å². The molecule has 0 rings (SSSR count). The van der Waals surface area contributed by atoms with Gasteiger partial charge in [-0.2, -0.15) is 0 Å². The lowest BCUT2D eigenvalue weighted by Crippen LogP contribution is -1.88. The zero-order chi connectivity index (χ0) is 6.41. The topological polar surface area (TPSA) is 0 Å². The highest BCUT2D eigenvalue weighted by molar-refractivity contribution is 4.96. The van der Waals surface area contributed by atoms with Crippen molar-refractivity contribution in [2.75, 3.05) is 0 Å². The summed E-state index contributed by atoms with van der Waals surface area (Å²) >= 11 is 0. The molecular weight excluding hydrogens is 96.1 g/mol. The predicted molar refractivity (Wildman–Crippen MR) is 37.2 cm³/mol. The number of hydrogen-bond donors (Lipinski definition) is 0. The molecule has 0 aromatic heterocycles. The van der Waals surface area contributed by atoms with E-state index >= 15 is 0 Å². The van der Waals surface area contributed by atoms with Crippen LogP contribution in [0, 0.1) is 24.7 Å². The third-order valence-corrected chi connectivity index (χ3v) is 1.14. The monoisotopic (exact) mass is 109 g/mol. The van der Waals surface area contributed by atoms with Gasteiger partial charge in [-0.1, -0.05) is 13.3 Å². The Bertz CT molecular complexity index is 92.3. The molecule has 0 aromatic carbocycles. The molecule has 0 aliphatic heterocycles. The summed E-state index contributed by atoms with van der Waals surface area (Å²) in [6.45, 7) is 7.89. The van der Waals surface area contributed by atoms with Crippen LogP contribution in [0.4, 0.5) is 0 Å². The summed E-state index contributed by atoms with van der Waals surface area (Å²) in [5.74, 6) is 6.36. The molecule has 0 amide bonds. The molecule has 0 aliphatic carbocycles. The number of hydrogen-bond acceptors (Lipinski definition) is 0. The Morgan fingerprint density at radius 1 is 1.62 bits per heavy atom. The highest BCUT2D eigenvalue weighted by atomic mass is 14.0. The average molecular weight is 109 g/mol. The maximum Gasteiger partial charge on any atom is 0.0117 e. The van der Waals surface area contributed by atoms with E-state index in [0.29, 0.717) is 5.92 Å². The lowest BCUT2D eigenvalue weighted by atomic mass is 10.1. The van der Waals surface area contributed by atoms with Crippen LogP contribution in [0.1, 0.15) is 26.7 Å². The highest BCUT2D eigenvalue weighted by Gasteiger charge is 1.91. The Morgan fingerprint density at radius 2 is 2.25 bits per heavy atom. The first-order chi connectivity index (χ1) is 3.81. The fourth-order valence-electron chi connectivity index (χ4n) is 0.391. The largest absolute Gasteiger partial charge is 0.107 e. The highest BCUT2D eigenvalue weighted by Crippen LogP contribution is 2.02. The minimum absolute atomic E-state index is 0.530. The summed E-state index contributed by atoms with van der Waals surface area (Å²) in [4.78, 5) is 0. The Hall–Kier alpha value is -0.440. The van der Waals surface area contributed by atoms with E-state index in [1.807, 2.05) is 6.92 Å². The zero-order valence-electron chi connectivity index (χ0n) is 5.70. The third-order valence-electron chi connectivity index (χ3n) is 1.14. The average Bonchev–Trinajstić information content (AvgIpc) is 1.83. The summed E-state index contributed by atoms with van der Waals surface area (Å²) in [5, 5.41) is 0. The lowest BCUT2D eigenvalue weighted by molar-refractivity contribution is 0.644. The molecule has 1 radical (unpaired) electrons. The Kier molecular flexibility index (Phi) is 4.45. The van der Waals surface area contributed by atoms with E-state index < -0.39 is 0 Å². The maximum absolute atomic E-state index is 3.89. The van der Waals surface area contributed by atoms with Gasteiger partial charge < -0.3 is 0 Å². The van der Waals surface area contributed by atoms with E-state index in [0.717, 1.165) is 12.8 Å². The van der Waals surface area contributed by atoms with Gasteiger partial charge in [0, 0.05) is 6.42 Å². The molecule has 0 aromatic rings. The minimum Gasteiger partial charge on any atom is -0.107 e. The predicted octanol–water partition coefficient (Wildman–Crippen LogP) is 2.26. The molecule has 0 nitrogen and oxygen atoms in total. The Balaban J connectivity index is 3.19. The van der Waals surface area contributed by atoms with Crippen LogP contribution in [0.2, 0.25) is 0 Å². The van der Waals surface area contributed by atoms with Gasteiger partial charge in [0.15, 0.2) is 0 Å².